The lowest BCUT2D eigenvalue weighted by Gasteiger charge is -2.38. The number of fused-ring (bicyclic) bond motifs is 1. The Bertz CT molecular complexity index is 757. The Balaban J connectivity index is 1.56. The maximum Gasteiger partial charge on any atom is 0.265 e. The van der Waals surface area contributed by atoms with E-state index < -0.39 is 6.10 Å². The van der Waals surface area contributed by atoms with Crippen LogP contribution in [0.5, 0.6) is 5.75 Å². The van der Waals surface area contributed by atoms with E-state index in [-0.39, 0.29) is 5.91 Å². The standard InChI is InChI=1S/C19H21BrN2O2S/c20-18-9-8-14(25-18)12-22-13-17(19(23)21-10-4-1-5-11-21)24-16-7-3-2-6-15(16)22/h2-3,6-9,17H,1,4-5,10-13H2. The first-order valence-electron chi connectivity index (χ1n) is 8.74. The van der Waals surface area contributed by atoms with E-state index in [9.17, 15) is 4.79 Å². The Hall–Kier alpha value is -1.53. The van der Waals surface area contributed by atoms with Gasteiger partial charge in [0.1, 0.15) is 5.75 Å². The fourth-order valence-electron chi connectivity index (χ4n) is 3.53. The van der Waals surface area contributed by atoms with Crippen molar-refractivity contribution in [3.05, 3.63) is 45.1 Å². The van der Waals surface area contributed by atoms with Crippen LogP contribution in [-0.2, 0) is 11.3 Å². The molecule has 25 heavy (non-hydrogen) atoms. The highest BCUT2D eigenvalue weighted by Crippen LogP contribution is 2.35. The Morgan fingerprint density at radius 2 is 1.96 bits per heavy atom. The molecule has 1 unspecified atom stereocenters. The van der Waals surface area contributed by atoms with Gasteiger partial charge in [0.15, 0.2) is 6.10 Å². The predicted molar refractivity (Wildman–Crippen MR) is 104 cm³/mol. The molecule has 1 aromatic carbocycles. The van der Waals surface area contributed by atoms with Crippen LogP contribution in [0.1, 0.15) is 24.1 Å². The molecule has 0 N–H and O–H groups in total. The third-order valence-electron chi connectivity index (χ3n) is 4.78. The van der Waals surface area contributed by atoms with Crippen molar-refractivity contribution in [2.45, 2.75) is 31.9 Å². The zero-order valence-corrected chi connectivity index (χ0v) is 16.4. The van der Waals surface area contributed by atoms with Gasteiger partial charge < -0.3 is 14.5 Å². The molecule has 3 heterocycles. The average molecular weight is 421 g/mol. The second-order valence-electron chi connectivity index (χ2n) is 6.55. The smallest absolute Gasteiger partial charge is 0.265 e. The SMILES string of the molecule is O=C(C1CN(Cc2ccc(Br)s2)c2ccccc2O1)N1CCCCC1. The summed E-state index contributed by atoms with van der Waals surface area (Å²) in [5.74, 6) is 0.936. The van der Waals surface area contributed by atoms with Crippen LogP contribution in [0.15, 0.2) is 40.2 Å². The molecule has 0 bridgehead atoms. The summed E-state index contributed by atoms with van der Waals surface area (Å²) in [4.78, 5) is 18.4. The molecular weight excluding hydrogens is 400 g/mol. The summed E-state index contributed by atoms with van der Waals surface area (Å²) in [6, 6.07) is 12.2. The van der Waals surface area contributed by atoms with Crippen molar-refractivity contribution in [2.75, 3.05) is 24.5 Å². The largest absolute Gasteiger partial charge is 0.477 e. The van der Waals surface area contributed by atoms with Crippen LogP contribution in [0.3, 0.4) is 0 Å². The second-order valence-corrected chi connectivity index (χ2v) is 9.09. The molecule has 1 amide bonds. The molecule has 2 aromatic rings. The quantitative estimate of drug-likeness (QED) is 0.742. The summed E-state index contributed by atoms with van der Waals surface area (Å²) in [5.41, 5.74) is 1.06. The minimum Gasteiger partial charge on any atom is -0.477 e. The zero-order chi connectivity index (χ0) is 17.2. The van der Waals surface area contributed by atoms with Crippen molar-refractivity contribution in [2.24, 2.45) is 0 Å². The van der Waals surface area contributed by atoms with E-state index in [1.807, 2.05) is 23.1 Å². The molecule has 0 spiro atoms. The van der Waals surface area contributed by atoms with Crippen molar-refractivity contribution < 1.29 is 9.53 Å². The van der Waals surface area contributed by atoms with Gasteiger partial charge in [0.2, 0.25) is 0 Å². The number of carbonyl (C=O) groups excluding carboxylic acids is 1. The van der Waals surface area contributed by atoms with Gasteiger partial charge >= 0.3 is 0 Å². The summed E-state index contributed by atoms with van der Waals surface area (Å²) in [6.45, 7) is 3.11. The van der Waals surface area contributed by atoms with E-state index in [1.54, 1.807) is 11.3 Å². The molecule has 0 radical (unpaired) electrons. The van der Waals surface area contributed by atoms with Gasteiger partial charge in [0.05, 0.1) is 22.6 Å². The van der Waals surface area contributed by atoms with Gasteiger partial charge in [-0.15, -0.1) is 11.3 Å². The number of ether oxygens (including phenoxy) is 1. The summed E-state index contributed by atoms with van der Waals surface area (Å²) in [6.07, 6.45) is 3.00. The number of piperidine rings is 1. The lowest BCUT2D eigenvalue weighted by molar-refractivity contribution is -0.139. The van der Waals surface area contributed by atoms with E-state index >= 15 is 0 Å². The van der Waals surface area contributed by atoms with Crippen molar-refractivity contribution in [1.82, 2.24) is 4.90 Å². The molecule has 0 aliphatic carbocycles. The molecule has 2 aliphatic heterocycles. The predicted octanol–water partition coefficient (Wildman–Crippen LogP) is 4.29. The Morgan fingerprint density at radius 3 is 2.72 bits per heavy atom. The average Bonchev–Trinajstić information content (AvgIpc) is 3.06. The molecule has 1 fully saturated rings. The molecular formula is C19H21BrN2O2S. The molecule has 4 nitrogen and oxygen atoms in total. The number of hydrogen-bond donors (Lipinski definition) is 0. The number of rotatable bonds is 3. The second kappa shape index (κ2) is 7.38. The molecule has 1 saturated heterocycles. The number of anilines is 1. The van der Waals surface area contributed by atoms with Crippen LogP contribution in [0.4, 0.5) is 5.69 Å². The van der Waals surface area contributed by atoms with E-state index in [4.69, 9.17) is 4.74 Å². The van der Waals surface area contributed by atoms with Gasteiger partial charge in [-0.2, -0.15) is 0 Å². The normalized spacial score (nSPS) is 20.1. The number of nitrogens with zero attached hydrogens (tertiary/aromatic N) is 2. The molecule has 132 valence electrons. The fraction of sp³-hybridized carbons (Fsp3) is 0.421. The zero-order valence-electron chi connectivity index (χ0n) is 14.0. The lowest BCUT2D eigenvalue weighted by Crippen LogP contribution is -2.51. The summed E-state index contributed by atoms with van der Waals surface area (Å²) >= 11 is 5.26. The summed E-state index contributed by atoms with van der Waals surface area (Å²) < 4.78 is 7.21. The third kappa shape index (κ3) is 3.70. The monoisotopic (exact) mass is 420 g/mol. The number of amides is 1. The van der Waals surface area contributed by atoms with Gasteiger partial charge in [0, 0.05) is 18.0 Å². The lowest BCUT2D eigenvalue weighted by atomic mass is 10.1. The first-order chi connectivity index (χ1) is 12.2. The Kier molecular flexibility index (Phi) is 4.99. The van der Waals surface area contributed by atoms with Crippen LogP contribution in [0.25, 0.3) is 0 Å². The van der Waals surface area contributed by atoms with E-state index in [0.29, 0.717) is 6.54 Å². The molecule has 6 heteroatoms. The number of para-hydroxylation sites is 2. The highest BCUT2D eigenvalue weighted by molar-refractivity contribution is 9.11. The van der Waals surface area contributed by atoms with Crippen LogP contribution in [-0.4, -0.2) is 36.5 Å². The van der Waals surface area contributed by atoms with Gasteiger partial charge in [-0.3, -0.25) is 4.79 Å². The molecule has 1 aromatic heterocycles. The minimum absolute atomic E-state index is 0.131. The van der Waals surface area contributed by atoms with E-state index in [0.717, 1.165) is 47.7 Å². The number of benzene rings is 1. The van der Waals surface area contributed by atoms with Crippen LogP contribution in [0.2, 0.25) is 0 Å². The van der Waals surface area contributed by atoms with E-state index in [2.05, 4.69) is 39.0 Å². The molecule has 1 atom stereocenters. The van der Waals surface area contributed by atoms with Crippen LogP contribution < -0.4 is 9.64 Å². The van der Waals surface area contributed by atoms with Crippen molar-refractivity contribution in [3.63, 3.8) is 0 Å². The Labute approximate surface area is 160 Å². The van der Waals surface area contributed by atoms with Gasteiger partial charge in [-0.25, -0.2) is 0 Å². The van der Waals surface area contributed by atoms with Gasteiger partial charge in [-0.1, -0.05) is 12.1 Å². The number of carbonyl (C=O) groups is 1. The first-order valence-corrected chi connectivity index (χ1v) is 10.4. The summed E-state index contributed by atoms with van der Waals surface area (Å²) in [5, 5.41) is 0. The maximum absolute atomic E-state index is 12.9. The highest BCUT2D eigenvalue weighted by atomic mass is 79.9. The number of halogens is 1. The topological polar surface area (TPSA) is 32.8 Å². The first kappa shape index (κ1) is 16.9. The molecule has 2 aliphatic rings. The number of thiophene rings is 1. The third-order valence-corrected chi connectivity index (χ3v) is 6.39. The molecule has 0 saturated carbocycles. The van der Waals surface area contributed by atoms with Crippen LogP contribution in [0, 0.1) is 0 Å². The number of hydrogen-bond acceptors (Lipinski definition) is 4. The summed E-state index contributed by atoms with van der Waals surface area (Å²) in [7, 11) is 0. The van der Waals surface area contributed by atoms with Crippen molar-refractivity contribution >= 4 is 38.9 Å². The van der Waals surface area contributed by atoms with Crippen molar-refractivity contribution in [1.29, 1.82) is 0 Å². The molecule has 4 rings (SSSR count). The Morgan fingerprint density at radius 1 is 1.16 bits per heavy atom. The number of likely N-dealkylation sites (tertiary alicyclic amines) is 1. The van der Waals surface area contributed by atoms with Gasteiger partial charge in [0.25, 0.3) is 5.91 Å². The minimum atomic E-state index is -0.420. The highest BCUT2D eigenvalue weighted by Gasteiger charge is 2.34. The fourth-order valence-corrected chi connectivity index (χ4v) is 5.03. The van der Waals surface area contributed by atoms with Crippen molar-refractivity contribution in [3.8, 4) is 5.75 Å². The maximum atomic E-state index is 12.9. The van der Waals surface area contributed by atoms with Crippen LogP contribution >= 0.6 is 27.3 Å². The van der Waals surface area contributed by atoms with Gasteiger partial charge in [-0.05, 0) is 59.5 Å². The van der Waals surface area contributed by atoms with E-state index in [1.165, 1.54) is 11.3 Å².